The van der Waals surface area contributed by atoms with E-state index in [0.29, 0.717) is 17.7 Å². The molecule has 0 saturated heterocycles. The van der Waals surface area contributed by atoms with Crippen LogP contribution in [0.4, 0.5) is 0 Å². The van der Waals surface area contributed by atoms with Gasteiger partial charge in [-0.25, -0.2) is 0 Å². The van der Waals surface area contributed by atoms with Crippen molar-refractivity contribution < 1.29 is 4.79 Å². The summed E-state index contributed by atoms with van der Waals surface area (Å²) in [5.41, 5.74) is -0.0604. The molecule has 0 atom stereocenters. The van der Waals surface area contributed by atoms with Gasteiger partial charge in [0.05, 0.1) is 0 Å². The van der Waals surface area contributed by atoms with Crippen molar-refractivity contribution in [3.8, 4) is 0 Å². The Morgan fingerprint density at radius 3 is 2.47 bits per heavy atom. The van der Waals surface area contributed by atoms with Crippen molar-refractivity contribution in [2.45, 2.75) is 58.8 Å². The Hall–Kier alpha value is -0.240. The highest BCUT2D eigenvalue weighted by Crippen LogP contribution is 2.43. The molecule has 1 saturated carbocycles. The fraction of sp³-hybridized carbons (Fsp3) is 0.929. The summed E-state index contributed by atoms with van der Waals surface area (Å²) >= 11 is 5.63. The highest BCUT2D eigenvalue weighted by Gasteiger charge is 2.40. The van der Waals surface area contributed by atoms with Crippen LogP contribution >= 0.6 is 11.6 Å². The highest BCUT2D eigenvalue weighted by molar-refractivity contribution is 6.17. The minimum atomic E-state index is -0.0604. The third kappa shape index (κ3) is 4.50. The Kier molecular flexibility index (Phi) is 6.32. The first-order chi connectivity index (χ1) is 8.10. The molecule has 0 radical (unpaired) electrons. The van der Waals surface area contributed by atoms with E-state index in [2.05, 4.69) is 19.2 Å². The lowest BCUT2D eigenvalue weighted by atomic mass is 9.77. The van der Waals surface area contributed by atoms with Gasteiger partial charge < -0.3 is 5.32 Å². The maximum Gasteiger partial charge on any atom is 0.226 e. The average molecular weight is 260 g/mol. The lowest BCUT2D eigenvalue weighted by Gasteiger charge is -2.29. The molecular formula is C14H26ClNO. The number of hydrogen-bond acceptors (Lipinski definition) is 1. The minimum Gasteiger partial charge on any atom is -0.356 e. The zero-order chi connectivity index (χ0) is 12.7. The second kappa shape index (κ2) is 7.25. The molecule has 1 fully saturated rings. The fourth-order valence-electron chi connectivity index (χ4n) is 2.97. The molecule has 1 aliphatic rings. The highest BCUT2D eigenvalue weighted by atomic mass is 35.5. The molecule has 0 aromatic rings. The van der Waals surface area contributed by atoms with Crippen LogP contribution in [0, 0.1) is 11.3 Å². The van der Waals surface area contributed by atoms with E-state index in [9.17, 15) is 4.79 Å². The van der Waals surface area contributed by atoms with Crippen LogP contribution in [0.3, 0.4) is 0 Å². The summed E-state index contributed by atoms with van der Waals surface area (Å²) in [5, 5.41) is 3.11. The molecule has 1 rings (SSSR count). The summed E-state index contributed by atoms with van der Waals surface area (Å²) in [6.07, 6.45) is 7.59. The SMILES string of the molecule is CC(C)CC1(C(=O)NCCCCCl)CCCC1. The molecule has 0 aromatic carbocycles. The summed E-state index contributed by atoms with van der Waals surface area (Å²) in [6.45, 7) is 5.20. The summed E-state index contributed by atoms with van der Waals surface area (Å²) in [7, 11) is 0. The molecular weight excluding hydrogens is 234 g/mol. The molecule has 0 unspecified atom stereocenters. The molecule has 0 bridgehead atoms. The van der Waals surface area contributed by atoms with Gasteiger partial charge in [0, 0.05) is 17.8 Å². The van der Waals surface area contributed by atoms with Crippen LogP contribution in [0.15, 0.2) is 0 Å². The molecule has 3 heteroatoms. The molecule has 2 nitrogen and oxygen atoms in total. The number of hydrogen-bond donors (Lipinski definition) is 1. The first-order valence-electron chi connectivity index (χ1n) is 6.95. The van der Waals surface area contributed by atoms with Crippen LogP contribution in [0.1, 0.15) is 58.8 Å². The van der Waals surface area contributed by atoms with Crippen LogP contribution in [-0.4, -0.2) is 18.3 Å². The molecule has 1 N–H and O–H groups in total. The van der Waals surface area contributed by atoms with Gasteiger partial charge in [0.1, 0.15) is 0 Å². The standard InChI is InChI=1S/C14H26ClNO/c1-12(2)11-14(7-3-4-8-14)13(17)16-10-6-5-9-15/h12H,3-11H2,1-2H3,(H,16,17). The number of carbonyl (C=O) groups excluding carboxylic acids is 1. The van der Waals surface area contributed by atoms with E-state index in [1.807, 2.05) is 0 Å². The van der Waals surface area contributed by atoms with E-state index in [4.69, 9.17) is 11.6 Å². The monoisotopic (exact) mass is 259 g/mol. The van der Waals surface area contributed by atoms with Gasteiger partial charge in [0.25, 0.3) is 0 Å². The minimum absolute atomic E-state index is 0.0604. The number of nitrogens with one attached hydrogen (secondary N) is 1. The normalized spacial score (nSPS) is 18.6. The van der Waals surface area contributed by atoms with E-state index in [1.165, 1.54) is 12.8 Å². The molecule has 0 spiro atoms. The lowest BCUT2D eigenvalue weighted by Crippen LogP contribution is -2.40. The van der Waals surface area contributed by atoms with Crippen LogP contribution in [0.25, 0.3) is 0 Å². The summed E-state index contributed by atoms with van der Waals surface area (Å²) in [6, 6.07) is 0. The van der Waals surface area contributed by atoms with Crippen molar-refractivity contribution in [2.24, 2.45) is 11.3 Å². The van der Waals surface area contributed by atoms with E-state index < -0.39 is 0 Å². The average Bonchev–Trinajstić information content (AvgIpc) is 2.73. The van der Waals surface area contributed by atoms with E-state index >= 15 is 0 Å². The van der Waals surface area contributed by atoms with Gasteiger partial charge in [-0.05, 0) is 38.0 Å². The maximum atomic E-state index is 12.3. The van der Waals surface area contributed by atoms with Gasteiger partial charge >= 0.3 is 0 Å². The van der Waals surface area contributed by atoms with E-state index in [1.54, 1.807) is 0 Å². The number of unbranched alkanes of at least 4 members (excludes halogenated alkanes) is 1. The van der Waals surface area contributed by atoms with Gasteiger partial charge in [-0.2, -0.15) is 0 Å². The molecule has 0 heterocycles. The van der Waals surface area contributed by atoms with Crippen LogP contribution in [-0.2, 0) is 4.79 Å². The Labute approximate surface area is 110 Å². The topological polar surface area (TPSA) is 29.1 Å². The molecule has 1 amide bonds. The lowest BCUT2D eigenvalue weighted by molar-refractivity contribution is -0.131. The predicted molar refractivity (Wildman–Crippen MR) is 73.3 cm³/mol. The third-order valence-corrected chi connectivity index (χ3v) is 3.95. The van der Waals surface area contributed by atoms with Crippen LogP contribution in [0.5, 0.6) is 0 Å². The zero-order valence-corrected chi connectivity index (χ0v) is 12.0. The summed E-state index contributed by atoms with van der Waals surface area (Å²) < 4.78 is 0. The summed E-state index contributed by atoms with van der Waals surface area (Å²) in [4.78, 5) is 12.3. The Bertz CT molecular complexity index is 234. The zero-order valence-electron chi connectivity index (χ0n) is 11.2. The predicted octanol–water partition coefficient (Wildman–Crippen LogP) is 3.73. The van der Waals surface area contributed by atoms with Crippen LogP contribution < -0.4 is 5.32 Å². The fourth-order valence-corrected chi connectivity index (χ4v) is 3.16. The molecule has 17 heavy (non-hydrogen) atoms. The van der Waals surface area contributed by atoms with Gasteiger partial charge in [0.15, 0.2) is 0 Å². The third-order valence-electron chi connectivity index (χ3n) is 3.69. The summed E-state index contributed by atoms with van der Waals surface area (Å²) in [5.74, 6) is 1.58. The van der Waals surface area contributed by atoms with E-state index in [0.717, 1.165) is 38.6 Å². The van der Waals surface area contributed by atoms with E-state index in [-0.39, 0.29) is 5.41 Å². The van der Waals surface area contributed by atoms with Crippen molar-refractivity contribution in [1.29, 1.82) is 0 Å². The largest absolute Gasteiger partial charge is 0.356 e. The van der Waals surface area contributed by atoms with Gasteiger partial charge in [-0.1, -0.05) is 26.7 Å². The second-order valence-electron chi connectivity index (χ2n) is 5.74. The Morgan fingerprint density at radius 2 is 1.94 bits per heavy atom. The van der Waals surface area contributed by atoms with Gasteiger partial charge in [0.2, 0.25) is 5.91 Å². The Morgan fingerprint density at radius 1 is 1.29 bits per heavy atom. The van der Waals surface area contributed by atoms with Crippen molar-refractivity contribution in [3.63, 3.8) is 0 Å². The first kappa shape index (κ1) is 14.8. The number of carbonyl (C=O) groups is 1. The molecule has 100 valence electrons. The first-order valence-corrected chi connectivity index (χ1v) is 7.48. The van der Waals surface area contributed by atoms with Crippen molar-refractivity contribution in [1.82, 2.24) is 5.32 Å². The Balaban J connectivity index is 2.43. The number of rotatable bonds is 7. The number of amides is 1. The molecule has 1 aliphatic carbocycles. The van der Waals surface area contributed by atoms with Gasteiger partial charge in [-0.15, -0.1) is 11.6 Å². The van der Waals surface area contributed by atoms with Crippen molar-refractivity contribution in [2.75, 3.05) is 12.4 Å². The number of alkyl halides is 1. The maximum absolute atomic E-state index is 12.3. The molecule has 0 aromatic heterocycles. The number of halogens is 1. The van der Waals surface area contributed by atoms with Crippen molar-refractivity contribution in [3.05, 3.63) is 0 Å². The molecule has 0 aliphatic heterocycles. The van der Waals surface area contributed by atoms with Crippen molar-refractivity contribution >= 4 is 17.5 Å². The quantitative estimate of drug-likeness (QED) is 0.548. The second-order valence-corrected chi connectivity index (χ2v) is 6.12. The smallest absolute Gasteiger partial charge is 0.226 e. The van der Waals surface area contributed by atoms with Gasteiger partial charge in [-0.3, -0.25) is 4.79 Å². The van der Waals surface area contributed by atoms with Crippen LogP contribution in [0.2, 0.25) is 0 Å².